The molecule has 0 aromatic rings. The highest BCUT2D eigenvalue weighted by molar-refractivity contribution is 5.88. The van der Waals surface area contributed by atoms with E-state index in [-0.39, 0.29) is 42.7 Å². The van der Waals surface area contributed by atoms with E-state index < -0.39 is 29.9 Å². The summed E-state index contributed by atoms with van der Waals surface area (Å²) in [6.07, 6.45) is 9.18. The zero-order chi connectivity index (χ0) is 28.7. The molecular formula is C29H41NO9. The van der Waals surface area contributed by atoms with Crippen LogP contribution in [0.25, 0.3) is 0 Å². The van der Waals surface area contributed by atoms with Crippen molar-refractivity contribution in [3.8, 4) is 0 Å². The normalized spacial score (nSPS) is 33.6. The fraction of sp³-hybridized carbons (Fsp3) is 0.621. The number of esters is 2. The second-order valence-electron chi connectivity index (χ2n) is 10.5. The number of nitrogens with one attached hydrogen (secondary N) is 1. The summed E-state index contributed by atoms with van der Waals surface area (Å²) in [6, 6.07) is -0.285. The molecule has 8 atom stereocenters. The van der Waals surface area contributed by atoms with E-state index >= 15 is 0 Å². The Morgan fingerprint density at radius 2 is 1.97 bits per heavy atom. The van der Waals surface area contributed by atoms with E-state index in [0.717, 1.165) is 11.1 Å². The van der Waals surface area contributed by atoms with Gasteiger partial charge in [0.15, 0.2) is 0 Å². The topological polar surface area (TPSA) is 133 Å². The quantitative estimate of drug-likeness (QED) is 0.139. The van der Waals surface area contributed by atoms with Crippen LogP contribution in [0.4, 0.5) is 0 Å². The van der Waals surface area contributed by atoms with Gasteiger partial charge < -0.3 is 34.1 Å². The molecule has 1 amide bonds. The lowest BCUT2D eigenvalue weighted by molar-refractivity contribution is -0.157. The van der Waals surface area contributed by atoms with E-state index in [2.05, 4.69) is 5.32 Å². The molecule has 0 bridgehead atoms. The molecular weight excluding hydrogens is 506 g/mol. The first-order valence-electron chi connectivity index (χ1n) is 13.3. The summed E-state index contributed by atoms with van der Waals surface area (Å²) < 4.78 is 27.4. The molecule has 2 fully saturated rings. The summed E-state index contributed by atoms with van der Waals surface area (Å²) >= 11 is 0. The summed E-state index contributed by atoms with van der Waals surface area (Å²) in [5, 5.41) is 13.7. The number of ether oxygens (including phenoxy) is 5. The molecule has 10 nitrogen and oxygen atoms in total. The predicted octanol–water partition coefficient (Wildman–Crippen LogP) is 2.46. The van der Waals surface area contributed by atoms with Crippen LogP contribution in [0.15, 0.2) is 47.6 Å². The second-order valence-corrected chi connectivity index (χ2v) is 10.5. The lowest BCUT2D eigenvalue weighted by atomic mass is 9.87. The Hall–Kier alpha value is -2.79. The number of epoxide rings is 1. The third kappa shape index (κ3) is 8.86. The van der Waals surface area contributed by atoms with Gasteiger partial charge in [0.2, 0.25) is 5.91 Å². The molecule has 1 spiro atoms. The minimum atomic E-state index is -0.810. The Labute approximate surface area is 230 Å². The van der Waals surface area contributed by atoms with Crippen molar-refractivity contribution in [2.24, 2.45) is 0 Å². The molecule has 216 valence electrons. The molecule has 2 N–H and O–H groups in total. The predicted molar refractivity (Wildman–Crippen MR) is 143 cm³/mol. The minimum absolute atomic E-state index is 0.113. The van der Waals surface area contributed by atoms with Crippen LogP contribution >= 0.6 is 0 Å². The Balaban J connectivity index is 1.54. The van der Waals surface area contributed by atoms with Gasteiger partial charge in [-0.25, -0.2) is 0 Å². The number of aliphatic hydroxyl groups is 1. The van der Waals surface area contributed by atoms with Gasteiger partial charge in [0.25, 0.3) is 0 Å². The number of hydrogen-bond donors (Lipinski definition) is 2. The highest BCUT2D eigenvalue weighted by Crippen LogP contribution is 2.43. The van der Waals surface area contributed by atoms with Gasteiger partial charge in [-0.1, -0.05) is 29.9 Å². The van der Waals surface area contributed by atoms with E-state index in [4.69, 9.17) is 23.7 Å². The maximum absolute atomic E-state index is 12.3. The van der Waals surface area contributed by atoms with Crippen molar-refractivity contribution in [2.75, 3.05) is 13.7 Å². The summed E-state index contributed by atoms with van der Waals surface area (Å²) in [7, 11) is 1.34. The summed E-state index contributed by atoms with van der Waals surface area (Å²) in [5.74, 6) is -1.06. The van der Waals surface area contributed by atoms with E-state index in [1.54, 1.807) is 13.0 Å². The Morgan fingerprint density at radius 3 is 2.62 bits per heavy atom. The largest absolute Gasteiger partial charge is 0.469 e. The van der Waals surface area contributed by atoms with Crippen LogP contribution in [-0.2, 0) is 38.1 Å². The molecule has 2 saturated heterocycles. The number of carbonyl (C=O) groups excluding carboxylic acids is 3. The Bertz CT molecular complexity index is 1030. The Kier molecular flexibility index (Phi) is 10.7. The summed E-state index contributed by atoms with van der Waals surface area (Å²) in [6.45, 7) is 9.28. The molecule has 3 rings (SSSR count). The molecule has 0 unspecified atom stereocenters. The van der Waals surface area contributed by atoms with Crippen molar-refractivity contribution in [3.63, 3.8) is 0 Å². The Morgan fingerprint density at radius 1 is 1.26 bits per heavy atom. The standard InChI is InChI=1S/C29H41NO9/c1-17(8-11-25-28(34)29(16-36-29)15-22(39-25)14-27(33)35-6)7-10-24-18(2)13-23(20(4)38-24)30-26(32)12-9-19(3)37-21(5)31/h7-9,11-13,19-20,22-25,28,34H,10,14-16H2,1-6H3,(H,30,32)/b11-8+,12-9-,17-7+/t19-,20+,22+,23+,24-,25+,28+,29+/m0/s1. The lowest BCUT2D eigenvalue weighted by Gasteiger charge is -2.36. The monoisotopic (exact) mass is 547 g/mol. The van der Waals surface area contributed by atoms with Crippen LogP contribution in [0.2, 0.25) is 0 Å². The van der Waals surface area contributed by atoms with Crippen molar-refractivity contribution in [2.45, 2.75) is 102 Å². The highest BCUT2D eigenvalue weighted by Gasteiger charge is 2.58. The van der Waals surface area contributed by atoms with Crippen LogP contribution in [0, 0.1) is 0 Å². The van der Waals surface area contributed by atoms with Crippen molar-refractivity contribution >= 4 is 17.8 Å². The van der Waals surface area contributed by atoms with Gasteiger partial charge in [-0.15, -0.1) is 0 Å². The first-order chi connectivity index (χ1) is 18.4. The van der Waals surface area contributed by atoms with Crippen molar-refractivity contribution in [3.05, 3.63) is 47.6 Å². The number of aliphatic hydroxyl groups excluding tert-OH is 1. The summed E-state index contributed by atoms with van der Waals surface area (Å²) in [5.41, 5.74) is 1.33. The van der Waals surface area contributed by atoms with E-state index in [1.807, 2.05) is 39.0 Å². The smallest absolute Gasteiger partial charge is 0.308 e. The number of hydrogen-bond acceptors (Lipinski definition) is 9. The molecule has 0 aromatic carbocycles. The molecule has 0 aliphatic carbocycles. The zero-order valence-electron chi connectivity index (χ0n) is 23.5. The third-order valence-corrected chi connectivity index (χ3v) is 7.13. The maximum Gasteiger partial charge on any atom is 0.308 e. The molecule has 39 heavy (non-hydrogen) atoms. The number of rotatable bonds is 10. The number of amides is 1. The summed E-state index contributed by atoms with van der Waals surface area (Å²) in [4.78, 5) is 35.0. The van der Waals surface area contributed by atoms with Crippen LogP contribution in [-0.4, -0.2) is 84.9 Å². The van der Waals surface area contributed by atoms with Gasteiger partial charge in [-0.2, -0.15) is 0 Å². The fourth-order valence-corrected chi connectivity index (χ4v) is 4.79. The zero-order valence-corrected chi connectivity index (χ0v) is 23.5. The molecule has 3 heterocycles. The SMILES string of the molecule is COC(=O)C[C@@H]1C[C@@]2(CO2)[C@H](O)[C@@H](/C=C/C(C)=C/C[C@@H]2O[C@H](C)[C@H](NC(=O)/C=C\[C@H](C)OC(C)=O)C=C2C)O1. The second kappa shape index (κ2) is 13.5. The molecule has 0 saturated carbocycles. The third-order valence-electron chi connectivity index (χ3n) is 7.13. The average Bonchev–Trinajstić information content (AvgIpc) is 3.64. The van der Waals surface area contributed by atoms with Gasteiger partial charge in [0.05, 0.1) is 44.5 Å². The highest BCUT2D eigenvalue weighted by atomic mass is 16.6. The van der Waals surface area contributed by atoms with Crippen molar-refractivity contribution in [1.82, 2.24) is 5.32 Å². The van der Waals surface area contributed by atoms with Crippen LogP contribution in [0.1, 0.15) is 53.9 Å². The number of allylic oxidation sites excluding steroid dienone is 2. The van der Waals surface area contributed by atoms with Crippen LogP contribution < -0.4 is 5.32 Å². The van der Waals surface area contributed by atoms with E-state index in [9.17, 15) is 19.5 Å². The van der Waals surface area contributed by atoms with Crippen LogP contribution in [0.5, 0.6) is 0 Å². The van der Waals surface area contributed by atoms with E-state index in [0.29, 0.717) is 19.4 Å². The molecule has 0 radical (unpaired) electrons. The average molecular weight is 548 g/mol. The molecule has 0 aromatic heterocycles. The van der Waals surface area contributed by atoms with Crippen LogP contribution in [0.3, 0.4) is 0 Å². The van der Waals surface area contributed by atoms with Gasteiger partial charge in [0, 0.05) is 19.4 Å². The number of carbonyl (C=O) groups is 3. The van der Waals surface area contributed by atoms with Gasteiger partial charge in [-0.05, 0) is 45.8 Å². The molecule has 10 heteroatoms. The van der Waals surface area contributed by atoms with Crippen molar-refractivity contribution in [1.29, 1.82) is 0 Å². The maximum atomic E-state index is 12.3. The number of methoxy groups -OCH3 is 1. The minimum Gasteiger partial charge on any atom is -0.469 e. The van der Waals surface area contributed by atoms with Gasteiger partial charge in [0.1, 0.15) is 23.9 Å². The molecule has 3 aliphatic rings. The fourth-order valence-electron chi connectivity index (χ4n) is 4.79. The lowest BCUT2D eigenvalue weighted by Crippen LogP contribution is -2.50. The van der Waals surface area contributed by atoms with Gasteiger partial charge >= 0.3 is 11.9 Å². The first kappa shape index (κ1) is 30.7. The van der Waals surface area contributed by atoms with E-state index in [1.165, 1.54) is 26.2 Å². The van der Waals surface area contributed by atoms with Crippen molar-refractivity contribution < 1.29 is 43.2 Å². The molecule has 3 aliphatic heterocycles. The first-order valence-corrected chi connectivity index (χ1v) is 13.3. The van der Waals surface area contributed by atoms with Gasteiger partial charge in [-0.3, -0.25) is 14.4 Å².